The second-order valence-corrected chi connectivity index (χ2v) is 15.5. The lowest BCUT2D eigenvalue weighted by molar-refractivity contribution is -0.145. The van der Waals surface area contributed by atoms with E-state index in [-0.39, 0.29) is 37.7 Å². The van der Waals surface area contributed by atoms with Gasteiger partial charge in [0.15, 0.2) is 23.2 Å². The van der Waals surface area contributed by atoms with Crippen LogP contribution in [0.5, 0.6) is 0 Å². The molecule has 19 heteroatoms. The number of benzene rings is 2. The quantitative estimate of drug-likeness (QED) is 0.0758. The Labute approximate surface area is 324 Å². The van der Waals surface area contributed by atoms with Crippen molar-refractivity contribution in [2.24, 2.45) is 0 Å². The smallest absolute Gasteiger partial charge is 0.342 e. The third-order valence-corrected chi connectivity index (χ3v) is 11.3. The molecule has 18 nitrogen and oxygen atoms in total. The van der Waals surface area contributed by atoms with Gasteiger partial charge >= 0.3 is 19.6 Å². The van der Waals surface area contributed by atoms with Crippen LogP contribution in [-0.4, -0.2) is 118 Å². The molecule has 56 heavy (non-hydrogen) atoms. The molecule has 2 fully saturated rings. The maximum Gasteiger partial charge on any atom is 0.342 e. The number of ether oxygens (including phenoxy) is 4. The minimum Gasteiger partial charge on any atom is -0.465 e. The molecule has 6 atom stereocenters. The number of aromatic nitrogens is 4. The number of nitrogens with one attached hydrogen (secondary N) is 2. The second-order valence-electron chi connectivity index (χ2n) is 13.6. The number of aliphatic hydroxyl groups is 2. The fourth-order valence-corrected chi connectivity index (χ4v) is 8.51. The number of fused-ring (bicyclic) bond motifs is 1. The Morgan fingerprint density at radius 3 is 2.05 bits per heavy atom. The normalized spacial score (nSPS) is 22.5. The molecule has 0 radical (unpaired) electrons. The number of rotatable bonds is 17. The van der Waals surface area contributed by atoms with E-state index in [0.717, 1.165) is 11.1 Å². The Balaban J connectivity index is 1.29. The van der Waals surface area contributed by atoms with Gasteiger partial charge in [0.25, 0.3) is 0 Å². The van der Waals surface area contributed by atoms with E-state index in [0.29, 0.717) is 37.6 Å². The Kier molecular flexibility index (Phi) is 13.3. The Morgan fingerprint density at radius 2 is 1.52 bits per heavy atom. The highest BCUT2D eigenvalue weighted by Gasteiger charge is 2.54. The first-order chi connectivity index (χ1) is 26.9. The molecule has 6 rings (SSSR count). The summed E-state index contributed by atoms with van der Waals surface area (Å²) in [7, 11) is -4.48. The third kappa shape index (κ3) is 9.53. The largest absolute Gasteiger partial charge is 0.465 e. The number of nitrogens with zero attached hydrogens (tertiary/aromatic N) is 5. The summed E-state index contributed by atoms with van der Waals surface area (Å²) in [5.41, 5.74) is 6.30. The van der Waals surface area contributed by atoms with Crippen LogP contribution in [0, 0.1) is 0 Å². The molecule has 0 aliphatic carbocycles. The third-order valence-electron chi connectivity index (χ3n) is 9.52. The Bertz CT molecular complexity index is 1910. The zero-order valence-corrected chi connectivity index (χ0v) is 32.4. The van der Waals surface area contributed by atoms with Crippen LogP contribution in [0.1, 0.15) is 38.1 Å². The van der Waals surface area contributed by atoms with Crippen LogP contribution in [0.15, 0.2) is 67.0 Å². The van der Waals surface area contributed by atoms with Gasteiger partial charge in [0.05, 0.1) is 39.4 Å². The SMILES string of the molecule is CCOC(=O)[C@H](Cc1ccccc1)NP(=O)(N[C@@H](Cc1ccccc1)C(=O)OCC)OC[C@H]1OC(n2cnc3c(N4CCOCC4)nc(N)nc32)[C@@](C)(O)C1O. The van der Waals surface area contributed by atoms with E-state index in [9.17, 15) is 19.8 Å². The molecule has 0 saturated carbocycles. The predicted octanol–water partition coefficient (Wildman–Crippen LogP) is 1.91. The summed E-state index contributed by atoms with van der Waals surface area (Å²) in [5, 5.41) is 28.9. The second kappa shape index (κ2) is 18.2. The number of carbonyl (C=O) groups excluding carboxylic acids is 2. The number of morpholine rings is 1. The first-order valence-electron chi connectivity index (χ1n) is 18.5. The summed E-state index contributed by atoms with van der Waals surface area (Å²) in [5.74, 6) is -0.954. The highest BCUT2D eigenvalue weighted by molar-refractivity contribution is 7.54. The van der Waals surface area contributed by atoms with E-state index < -0.39 is 62.3 Å². The maximum absolute atomic E-state index is 15.0. The number of carbonyl (C=O) groups is 2. The van der Waals surface area contributed by atoms with E-state index >= 15 is 4.57 Å². The van der Waals surface area contributed by atoms with Crippen molar-refractivity contribution in [2.45, 2.75) is 69.7 Å². The van der Waals surface area contributed by atoms with Crippen molar-refractivity contribution in [3.63, 3.8) is 0 Å². The molecule has 2 unspecified atom stereocenters. The van der Waals surface area contributed by atoms with E-state index in [1.54, 1.807) is 62.4 Å². The van der Waals surface area contributed by atoms with Gasteiger partial charge in [-0.1, -0.05) is 60.7 Å². The number of nitrogens with two attached hydrogens (primary N) is 1. The zero-order chi connectivity index (χ0) is 39.9. The van der Waals surface area contributed by atoms with Crippen molar-refractivity contribution in [3.8, 4) is 0 Å². The highest BCUT2D eigenvalue weighted by Crippen LogP contribution is 2.45. The predicted molar refractivity (Wildman–Crippen MR) is 204 cm³/mol. The van der Waals surface area contributed by atoms with Crippen LogP contribution in [0.4, 0.5) is 11.8 Å². The molecule has 2 aliphatic heterocycles. The Morgan fingerprint density at radius 1 is 0.964 bits per heavy atom. The molecule has 2 saturated heterocycles. The maximum atomic E-state index is 15.0. The van der Waals surface area contributed by atoms with Crippen molar-refractivity contribution in [3.05, 3.63) is 78.1 Å². The van der Waals surface area contributed by atoms with Crippen LogP contribution >= 0.6 is 7.67 Å². The average molecular weight is 797 g/mol. The zero-order valence-electron chi connectivity index (χ0n) is 31.5. The molecule has 2 aromatic heterocycles. The van der Waals surface area contributed by atoms with Gasteiger partial charge in [-0.25, -0.2) is 15.2 Å². The molecule has 0 bridgehead atoms. The van der Waals surface area contributed by atoms with E-state index in [2.05, 4.69) is 25.1 Å². The molecule has 302 valence electrons. The number of anilines is 2. The van der Waals surface area contributed by atoms with Crippen molar-refractivity contribution in [2.75, 3.05) is 56.8 Å². The lowest BCUT2D eigenvalue weighted by Crippen LogP contribution is -2.47. The molecule has 0 spiro atoms. The van der Waals surface area contributed by atoms with Crippen molar-refractivity contribution in [1.29, 1.82) is 0 Å². The van der Waals surface area contributed by atoms with Crippen LogP contribution in [0.3, 0.4) is 0 Å². The summed E-state index contributed by atoms with van der Waals surface area (Å²) in [6.45, 7) is 6.31. The number of nitrogen functional groups attached to an aromatic ring is 1. The van der Waals surface area contributed by atoms with Crippen molar-refractivity contribution < 1.29 is 47.8 Å². The lowest BCUT2D eigenvalue weighted by Gasteiger charge is -2.30. The highest BCUT2D eigenvalue weighted by atomic mass is 31.2. The first-order valence-corrected chi connectivity index (χ1v) is 20.1. The van der Waals surface area contributed by atoms with Gasteiger partial charge < -0.3 is 44.3 Å². The van der Waals surface area contributed by atoms with Gasteiger partial charge in [-0.15, -0.1) is 0 Å². The fraction of sp³-hybridized carbons (Fsp3) is 0.486. The fourth-order valence-electron chi connectivity index (χ4n) is 6.71. The van der Waals surface area contributed by atoms with Gasteiger partial charge in [0.2, 0.25) is 5.95 Å². The summed E-state index contributed by atoms with van der Waals surface area (Å²) in [6, 6.07) is 15.7. The molecular formula is C37H49N8O10P. The number of hydrogen-bond donors (Lipinski definition) is 5. The number of esters is 2. The molecule has 4 aromatic rings. The van der Waals surface area contributed by atoms with Gasteiger partial charge in [-0.2, -0.15) is 9.97 Å². The van der Waals surface area contributed by atoms with Gasteiger partial charge in [-0.3, -0.25) is 18.7 Å². The Hall–Kier alpha value is -4.52. The summed E-state index contributed by atoms with van der Waals surface area (Å²) in [4.78, 5) is 42.0. The lowest BCUT2D eigenvalue weighted by atomic mass is 9.96. The van der Waals surface area contributed by atoms with E-state index in [1.807, 2.05) is 17.0 Å². The van der Waals surface area contributed by atoms with Gasteiger partial charge in [0.1, 0.15) is 29.9 Å². The van der Waals surface area contributed by atoms with Crippen molar-refractivity contribution in [1.82, 2.24) is 29.7 Å². The van der Waals surface area contributed by atoms with Crippen LogP contribution in [-0.2, 0) is 50.5 Å². The summed E-state index contributed by atoms with van der Waals surface area (Å²) >= 11 is 0. The van der Waals surface area contributed by atoms with E-state index in [4.69, 9.17) is 29.2 Å². The minimum absolute atomic E-state index is 0.0322. The number of imidazole rings is 1. The van der Waals surface area contributed by atoms with Crippen LogP contribution < -0.4 is 20.8 Å². The summed E-state index contributed by atoms with van der Waals surface area (Å²) < 4.78 is 45.0. The molecule has 0 amide bonds. The first kappa shape index (κ1) is 41.1. The molecule has 2 aromatic carbocycles. The average Bonchev–Trinajstić information content (AvgIpc) is 3.70. The van der Waals surface area contributed by atoms with Crippen LogP contribution in [0.2, 0.25) is 0 Å². The molecular weight excluding hydrogens is 747 g/mol. The molecule has 2 aliphatic rings. The standard InChI is InChI=1S/C37H49N8O10P/c1-4-52-33(47)26(20-24-12-8-6-9-13-24)42-56(50,43-27(34(48)53-5-2)21-25-14-10-7-11-15-25)54-22-28-30(46)37(3,49)35(55-28)45-23-39-29-31(40-36(38)41-32(29)45)44-16-18-51-19-17-44/h6-15,23,26-28,30,35,46,49H,4-5,16-22H2,1-3H3,(H2,38,40,41)(H2,42,43,50)/t26-,27-,28+,30?,35?,37-/m0/s1. The summed E-state index contributed by atoms with van der Waals surface area (Å²) in [6.07, 6.45) is -2.62. The number of aliphatic hydroxyl groups excluding tert-OH is 1. The van der Waals surface area contributed by atoms with E-state index in [1.165, 1.54) is 17.8 Å². The van der Waals surface area contributed by atoms with Crippen molar-refractivity contribution >= 4 is 42.5 Å². The van der Waals surface area contributed by atoms with Gasteiger partial charge in [-0.05, 0) is 44.7 Å². The minimum atomic E-state index is -4.48. The van der Waals surface area contributed by atoms with Gasteiger partial charge in [0, 0.05) is 13.1 Å². The van der Waals surface area contributed by atoms with Crippen LogP contribution in [0.25, 0.3) is 11.2 Å². The number of hydrogen-bond acceptors (Lipinski definition) is 15. The monoisotopic (exact) mass is 796 g/mol. The molecule has 6 N–H and O–H groups in total. The topological polar surface area (TPSA) is 235 Å². The molecule has 4 heterocycles.